The van der Waals surface area contributed by atoms with Crippen LogP contribution in [0.5, 0.6) is 11.5 Å². The summed E-state index contributed by atoms with van der Waals surface area (Å²) in [6.07, 6.45) is 3.69. The zero-order chi connectivity index (χ0) is 12.0. The Balaban J connectivity index is 2.05. The highest BCUT2D eigenvalue weighted by Gasteiger charge is 2.38. The van der Waals surface area contributed by atoms with E-state index in [9.17, 15) is 5.11 Å². The highest BCUT2D eigenvalue weighted by atomic mass is 16.5. The Hall–Kier alpha value is -1.22. The number of likely N-dealkylation sites (N-methyl/N-ethyl adjacent to an activating group) is 1. The minimum absolute atomic E-state index is 0.271. The Kier molecular flexibility index (Phi) is 2.51. The average molecular weight is 233 g/mol. The quantitative estimate of drug-likeness (QED) is 0.851. The van der Waals surface area contributed by atoms with E-state index in [0.29, 0.717) is 11.8 Å². The SMILES string of the molecule is COc1cc2c(cc1O)C(C1CC1)N(C)CC2. The van der Waals surface area contributed by atoms with E-state index in [-0.39, 0.29) is 5.75 Å². The van der Waals surface area contributed by atoms with Crippen molar-refractivity contribution in [2.45, 2.75) is 25.3 Å². The number of nitrogens with zero attached hydrogens (tertiary/aromatic N) is 1. The van der Waals surface area contributed by atoms with Gasteiger partial charge in [-0.2, -0.15) is 0 Å². The molecular formula is C14H19NO2. The molecular weight excluding hydrogens is 214 g/mol. The van der Waals surface area contributed by atoms with Crippen LogP contribution in [0, 0.1) is 5.92 Å². The van der Waals surface area contributed by atoms with E-state index in [1.165, 1.54) is 24.0 Å². The number of hydrogen-bond acceptors (Lipinski definition) is 3. The van der Waals surface area contributed by atoms with E-state index >= 15 is 0 Å². The Morgan fingerprint density at radius 1 is 1.35 bits per heavy atom. The van der Waals surface area contributed by atoms with Crippen LogP contribution in [-0.4, -0.2) is 30.7 Å². The highest BCUT2D eigenvalue weighted by molar-refractivity contribution is 5.49. The van der Waals surface area contributed by atoms with Crippen LogP contribution < -0.4 is 4.74 Å². The summed E-state index contributed by atoms with van der Waals surface area (Å²) in [5, 5.41) is 9.93. The van der Waals surface area contributed by atoms with Crippen LogP contribution >= 0.6 is 0 Å². The van der Waals surface area contributed by atoms with Crippen molar-refractivity contribution < 1.29 is 9.84 Å². The molecule has 1 unspecified atom stereocenters. The summed E-state index contributed by atoms with van der Waals surface area (Å²) in [5.41, 5.74) is 2.65. The van der Waals surface area contributed by atoms with Crippen molar-refractivity contribution in [3.8, 4) is 11.5 Å². The molecule has 1 atom stereocenters. The van der Waals surface area contributed by atoms with Crippen LogP contribution in [-0.2, 0) is 6.42 Å². The van der Waals surface area contributed by atoms with E-state index in [2.05, 4.69) is 11.9 Å². The van der Waals surface area contributed by atoms with Crippen molar-refractivity contribution >= 4 is 0 Å². The molecule has 0 bridgehead atoms. The third kappa shape index (κ3) is 1.78. The molecule has 1 aromatic rings. The standard InChI is InChI=1S/C14H19NO2/c1-15-6-5-10-7-13(17-2)12(16)8-11(10)14(15)9-3-4-9/h7-9,14,16H,3-6H2,1-2H3. The van der Waals surface area contributed by atoms with Gasteiger partial charge in [0.05, 0.1) is 7.11 Å². The van der Waals surface area contributed by atoms with Gasteiger partial charge in [-0.25, -0.2) is 0 Å². The Bertz CT molecular complexity index is 440. The summed E-state index contributed by atoms with van der Waals surface area (Å²) in [6.45, 7) is 1.10. The first-order valence-corrected chi connectivity index (χ1v) is 6.30. The summed E-state index contributed by atoms with van der Waals surface area (Å²) >= 11 is 0. The van der Waals surface area contributed by atoms with Crippen LogP contribution in [0.1, 0.15) is 30.0 Å². The molecule has 0 radical (unpaired) electrons. The first kappa shape index (κ1) is 10.9. The molecule has 0 aromatic heterocycles. The molecule has 1 fully saturated rings. The second kappa shape index (κ2) is 3.91. The van der Waals surface area contributed by atoms with Gasteiger partial charge in [-0.3, -0.25) is 4.90 Å². The van der Waals surface area contributed by atoms with Gasteiger partial charge in [-0.1, -0.05) is 0 Å². The van der Waals surface area contributed by atoms with Crippen LogP contribution in [0.3, 0.4) is 0 Å². The van der Waals surface area contributed by atoms with Crippen molar-refractivity contribution in [3.63, 3.8) is 0 Å². The van der Waals surface area contributed by atoms with E-state index < -0.39 is 0 Å². The molecule has 2 aliphatic rings. The van der Waals surface area contributed by atoms with Gasteiger partial charge in [-0.05, 0) is 55.5 Å². The number of phenolic OH excluding ortho intramolecular Hbond substituents is 1. The molecule has 1 aliphatic heterocycles. The number of phenols is 1. The smallest absolute Gasteiger partial charge is 0.160 e. The number of aromatic hydroxyl groups is 1. The summed E-state index contributed by atoms with van der Waals surface area (Å²) in [4.78, 5) is 2.42. The van der Waals surface area contributed by atoms with Gasteiger partial charge in [0.1, 0.15) is 0 Å². The molecule has 0 amide bonds. The number of ether oxygens (including phenoxy) is 1. The molecule has 1 saturated carbocycles. The van der Waals surface area contributed by atoms with Gasteiger partial charge in [0.15, 0.2) is 11.5 Å². The Labute approximate surface area is 102 Å². The lowest BCUT2D eigenvalue weighted by atomic mass is 9.89. The van der Waals surface area contributed by atoms with Crippen molar-refractivity contribution in [1.82, 2.24) is 4.90 Å². The summed E-state index contributed by atoms with van der Waals surface area (Å²) < 4.78 is 5.19. The summed E-state index contributed by atoms with van der Waals surface area (Å²) in [6, 6.07) is 4.41. The molecule has 0 saturated heterocycles. The minimum atomic E-state index is 0.271. The molecule has 1 aliphatic carbocycles. The van der Waals surface area contributed by atoms with Crippen LogP contribution in [0.15, 0.2) is 12.1 Å². The molecule has 3 rings (SSSR count). The second-order valence-electron chi connectivity index (χ2n) is 5.24. The topological polar surface area (TPSA) is 32.7 Å². The van der Waals surface area contributed by atoms with Gasteiger partial charge < -0.3 is 9.84 Å². The number of methoxy groups -OCH3 is 1. The fourth-order valence-corrected chi connectivity index (χ4v) is 2.98. The number of fused-ring (bicyclic) bond motifs is 1. The van der Waals surface area contributed by atoms with Gasteiger partial charge >= 0.3 is 0 Å². The van der Waals surface area contributed by atoms with E-state index in [1.54, 1.807) is 7.11 Å². The molecule has 3 nitrogen and oxygen atoms in total. The van der Waals surface area contributed by atoms with E-state index in [1.807, 2.05) is 12.1 Å². The average Bonchev–Trinajstić information content (AvgIpc) is 3.12. The second-order valence-corrected chi connectivity index (χ2v) is 5.24. The summed E-state index contributed by atoms with van der Waals surface area (Å²) in [7, 11) is 3.79. The lowest BCUT2D eigenvalue weighted by Gasteiger charge is -2.35. The van der Waals surface area contributed by atoms with Crippen molar-refractivity contribution in [3.05, 3.63) is 23.3 Å². The van der Waals surface area contributed by atoms with Crippen LogP contribution in [0.2, 0.25) is 0 Å². The maximum atomic E-state index is 9.93. The molecule has 1 aromatic carbocycles. The highest BCUT2D eigenvalue weighted by Crippen LogP contribution is 2.48. The fraction of sp³-hybridized carbons (Fsp3) is 0.571. The Morgan fingerprint density at radius 3 is 2.76 bits per heavy atom. The summed E-state index contributed by atoms with van der Waals surface area (Å²) in [5.74, 6) is 1.65. The van der Waals surface area contributed by atoms with Gasteiger partial charge in [0.2, 0.25) is 0 Å². The third-order valence-electron chi connectivity index (χ3n) is 4.04. The van der Waals surface area contributed by atoms with Crippen molar-refractivity contribution in [2.24, 2.45) is 5.92 Å². The Morgan fingerprint density at radius 2 is 2.12 bits per heavy atom. The monoisotopic (exact) mass is 233 g/mol. The van der Waals surface area contributed by atoms with Gasteiger partial charge in [-0.15, -0.1) is 0 Å². The van der Waals surface area contributed by atoms with Crippen molar-refractivity contribution in [1.29, 1.82) is 0 Å². The zero-order valence-corrected chi connectivity index (χ0v) is 10.4. The van der Waals surface area contributed by atoms with E-state index in [0.717, 1.165) is 18.9 Å². The normalized spacial score (nSPS) is 24.5. The maximum Gasteiger partial charge on any atom is 0.160 e. The predicted molar refractivity (Wildman–Crippen MR) is 66.5 cm³/mol. The van der Waals surface area contributed by atoms with Gasteiger partial charge in [0.25, 0.3) is 0 Å². The van der Waals surface area contributed by atoms with Crippen molar-refractivity contribution in [2.75, 3.05) is 20.7 Å². The van der Waals surface area contributed by atoms with Gasteiger partial charge in [0, 0.05) is 12.6 Å². The lowest BCUT2D eigenvalue weighted by Crippen LogP contribution is -2.33. The molecule has 3 heteroatoms. The third-order valence-corrected chi connectivity index (χ3v) is 4.04. The fourth-order valence-electron chi connectivity index (χ4n) is 2.98. The minimum Gasteiger partial charge on any atom is -0.504 e. The van der Waals surface area contributed by atoms with E-state index in [4.69, 9.17) is 4.74 Å². The lowest BCUT2D eigenvalue weighted by molar-refractivity contribution is 0.206. The molecule has 1 heterocycles. The molecule has 17 heavy (non-hydrogen) atoms. The zero-order valence-electron chi connectivity index (χ0n) is 10.4. The van der Waals surface area contributed by atoms with Crippen LogP contribution in [0.25, 0.3) is 0 Å². The number of hydrogen-bond donors (Lipinski definition) is 1. The maximum absolute atomic E-state index is 9.93. The number of rotatable bonds is 2. The molecule has 1 N–H and O–H groups in total. The molecule has 0 spiro atoms. The predicted octanol–water partition coefficient (Wildman–Crippen LogP) is 2.34. The first-order chi connectivity index (χ1) is 8.20. The number of benzene rings is 1. The first-order valence-electron chi connectivity index (χ1n) is 6.30. The molecule has 92 valence electrons. The largest absolute Gasteiger partial charge is 0.504 e. The van der Waals surface area contributed by atoms with Crippen LogP contribution in [0.4, 0.5) is 0 Å².